The minimum absolute atomic E-state index is 0.188. The lowest BCUT2D eigenvalue weighted by molar-refractivity contribution is 0.0222. The molecule has 3 aromatic heterocycles. The predicted octanol–water partition coefficient (Wildman–Crippen LogP) is 3.31. The van der Waals surface area contributed by atoms with Gasteiger partial charge in [0.05, 0.1) is 37.3 Å². The molecule has 17 nitrogen and oxygen atoms in total. The Balaban J connectivity index is 0.000000160. The van der Waals surface area contributed by atoms with Crippen LogP contribution in [0.15, 0.2) is 58.6 Å². The molecule has 10 rings (SSSR count). The highest BCUT2D eigenvalue weighted by molar-refractivity contribution is 7.92. The summed E-state index contributed by atoms with van der Waals surface area (Å²) in [5.41, 5.74) is 3.85. The number of fused-ring (bicyclic) bond motifs is 2. The van der Waals surface area contributed by atoms with E-state index in [1.165, 1.54) is 6.20 Å². The van der Waals surface area contributed by atoms with E-state index in [1.807, 2.05) is 43.0 Å². The molecule has 0 saturated carbocycles. The third-order valence-electron chi connectivity index (χ3n) is 12.5. The van der Waals surface area contributed by atoms with Crippen LogP contribution in [0, 0.1) is 6.92 Å². The third kappa shape index (κ3) is 9.54. The molecule has 0 aliphatic carbocycles. The maximum Gasteiger partial charge on any atom is 0.340 e. The minimum Gasteiger partial charge on any atom is -0.611 e. The number of anilines is 4. The molecule has 4 aromatic rings. The highest BCUT2D eigenvalue weighted by atomic mass is 32.2. The number of aryl methyl sites for hydroxylation is 3. The van der Waals surface area contributed by atoms with Crippen molar-refractivity contribution in [3.05, 3.63) is 76.9 Å². The molecular weight excluding hydrogens is 847 g/mol. The molecule has 9 heterocycles. The van der Waals surface area contributed by atoms with Crippen molar-refractivity contribution in [1.82, 2.24) is 24.9 Å². The van der Waals surface area contributed by atoms with E-state index in [-0.39, 0.29) is 24.1 Å². The zero-order chi connectivity index (χ0) is 43.6. The van der Waals surface area contributed by atoms with Crippen molar-refractivity contribution >= 4 is 57.8 Å². The summed E-state index contributed by atoms with van der Waals surface area (Å²) in [6.45, 7) is 7.10. The Hall–Kier alpha value is -4.79. The van der Waals surface area contributed by atoms with E-state index in [0.29, 0.717) is 85.6 Å². The van der Waals surface area contributed by atoms with E-state index in [0.717, 1.165) is 90.5 Å². The molecule has 0 radical (unpaired) electrons. The Morgan fingerprint density at radius 1 is 0.683 bits per heavy atom. The van der Waals surface area contributed by atoms with Gasteiger partial charge in [-0.1, -0.05) is 17.7 Å². The molecule has 0 N–H and O–H groups in total. The number of carbonyl (C=O) groups excluding carboxylic acids is 2. The van der Waals surface area contributed by atoms with Crippen molar-refractivity contribution in [1.29, 1.82) is 0 Å². The molecule has 0 amide bonds. The smallest absolute Gasteiger partial charge is 0.340 e. The van der Waals surface area contributed by atoms with Crippen LogP contribution in [-0.4, -0.2) is 148 Å². The molecule has 63 heavy (non-hydrogen) atoms. The first-order chi connectivity index (χ1) is 30.6. The van der Waals surface area contributed by atoms with Crippen molar-refractivity contribution in [2.75, 3.05) is 97.8 Å². The van der Waals surface area contributed by atoms with E-state index in [2.05, 4.69) is 14.8 Å². The number of ether oxygens (including phenoxy) is 4. The Labute approximate surface area is 373 Å². The van der Waals surface area contributed by atoms with Crippen molar-refractivity contribution < 1.29 is 37.6 Å². The van der Waals surface area contributed by atoms with Crippen LogP contribution in [0.3, 0.4) is 0 Å². The second kappa shape index (κ2) is 19.1. The van der Waals surface area contributed by atoms with Gasteiger partial charge in [-0.25, -0.2) is 19.6 Å². The van der Waals surface area contributed by atoms with Gasteiger partial charge < -0.3 is 47.7 Å². The van der Waals surface area contributed by atoms with Crippen LogP contribution in [0.4, 0.5) is 23.5 Å². The third-order valence-corrected chi connectivity index (χ3v) is 15.4. The number of esters is 2. The highest BCUT2D eigenvalue weighted by Crippen LogP contribution is 2.38. The summed E-state index contributed by atoms with van der Waals surface area (Å²) in [5, 5.41) is 0. The summed E-state index contributed by atoms with van der Waals surface area (Å²) >= 11 is -2.13. The number of nitrogens with zero attached hydrogens (tertiary/aromatic N) is 9. The first kappa shape index (κ1) is 43.5. The van der Waals surface area contributed by atoms with Crippen LogP contribution < -0.4 is 19.6 Å². The fourth-order valence-corrected chi connectivity index (χ4v) is 11.3. The predicted molar refractivity (Wildman–Crippen MR) is 237 cm³/mol. The second-order valence-corrected chi connectivity index (χ2v) is 19.7. The Kier molecular flexibility index (Phi) is 13.2. The lowest BCUT2D eigenvalue weighted by atomic mass is 10.1. The van der Waals surface area contributed by atoms with E-state index in [4.69, 9.17) is 38.9 Å². The normalized spacial score (nSPS) is 21.3. The lowest BCUT2D eigenvalue weighted by Crippen LogP contribution is -2.54. The van der Waals surface area contributed by atoms with Gasteiger partial charge >= 0.3 is 11.9 Å². The minimum atomic E-state index is -1.07. The van der Waals surface area contributed by atoms with Gasteiger partial charge in [-0.05, 0) is 79.2 Å². The summed E-state index contributed by atoms with van der Waals surface area (Å²) in [4.78, 5) is 57.6. The summed E-state index contributed by atoms with van der Waals surface area (Å²) < 4.78 is 47.5. The topological polar surface area (TPSA) is 195 Å². The van der Waals surface area contributed by atoms with E-state index >= 15 is 0 Å². The summed E-state index contributed by atoms with van der Waals surface area (Å²) in [6, 6.07) is 11.4. The molecule has 6 aliphatic heterocycles. The molecule has 334 valence electrons. The van der Waals surface area contributed by atoms with Gasteiger partial charge in [0.15, 0.2) is 11.6 Å². The van der Waals surface area contributed by atoms with Crippen LogP contribution in [0.5, 0.6) is 0 Å². The van der Waals surface area contributed by atoms with E-state index in [9.17, 15) is 18.7 Å². The van der Waals surface area contributed by atoms with Gasteiger partial charge in [0.25, 0.3) is 0 Å². The molecule has 0 bridgehead atoms. The quantitative estimate of drug-likeness (QED) is 0.166. The second-order valence-electron chi connectivity index (χ2n) is 16.7. The van der Waals surface area contributed by atoms with Gasteiger partial charge in [-0.3, -0.25) is 4.98 Å². The number of carbonyl (C=O) groups is 2. The van der Waals surface area contributed by atoms with Gasteiger partial charge in [-0.2, -0.15) is 9.97 Å². The summed E-state index contributed by atoms with van der Waals surface area (Å²) in [6.07, 6.45) is 7.82. The van der Waals surface area contributed by atoms with Crippen LogP contribution in [0.1, 0.15) is 63.4 Å². The Bertz CT molecular complexity index is 2260. The number of pyridine rings is 1. The van der Waals surface area contributed by atoms with E-state index < -0.39 is 22.4 Å². The van der Waals surface area contributed by atoms with Crippen LogP contribution >= 0.6 is 0 Å². The lowest BCUT2D eigenvalue weighted by Gasteiger charge is -2.39. The Morgan fingerprint density at radius 2 is 1.14 bits per heavy atom. The number of rotatable bonds is 10. The van der Waals surface area contributed by atoms with Crippen LogP contribution in [0.2, 0.25) is 0 Å². The largest absolute Gasteiger partial charge is 0.611 e. The fraction of sp³-hybridized carbons (Fsp3) is 0.523. The zero-order valence-electron chi connectivity index (χ0n) is 35.8. The fourth-order valence-electron chi connectivity index (χ4n) is 8.55. The first-order valence-corrected chi connectivity index (χ1v) is 24.3. The van der Waals surface area contributed by atoms with Crippen molar-refractivity contribution in [2.45, 2.75) is 79.5 Å². The molecule has 1 aromatic carbocycles. The SMILES string of the molecule is CN(c1nc(N2CC(OC(=O)c3cccnc3)C2)nc2c1[S@+]([O-])CC2)C1CCOCC1.Cc1ccc(C(=O)OC2CN(c3nc4c(c(N(C)C5CCOCC5)n3)[S@+]([O-])CC4)C2)cc1. The number of hydrogen-bond acceptors (Lipinski definition) is 17. The monoisotopic (exact) mass is 899 g/mol. The molecule has 19 heteroatoms. The van der Waals surface area contributed by atoms with Gasteiger partial charge in [0, 0.05) is 77.8 Å². The maximum atomic E-state index is 12.7. The zero-order valence-corrected chi connectivity index (χ0v) is 37.5. The average molecular weight is 900 g/mol. The number of hydrogen-bond donors (Lipinski definition) is 0. The molecule has 0 unspecified atom stereocenters. The van der Waals surface area contributed by atoms with Crippen LogP contribution in [0.25, 0.3) is 0 Å². The van der Waals surface area contributed by atoms with Crippen molar-refractivity contribution in [3.8, 4) is 0 Å². The van der Waals surface area contributed by atoms with Crippen molar-refractivity contribution in [3.63, 3.8) is 0 Å². The number of benzene rings is 1. The highest BCUT2D eigenvalue weighted by Gasteiger charge is 2.41. The van der Waals surface area contributed by atoms with Gasteiger partial charge in [0.1, 0.15) is 35.1 Å². The molecule has 4 saturated heterocycles. The maximum absolute atomic E-state index is 12.7. The number of aromatic nitrogens is 5. The molecule has 6 aliphatic rings. The average Bonchev–Trinajstić information content (AvgIpc) is 3.86. The van der Waals surface area contributed by atoms with Crippen LogP contribution in [-0.2, 0) is 54.1 Å². The molecule has 4 fully saturated rings. The Morgan fingerprint density at radius 3 is 1.59 bits per heavy atom. The van der Waals surface area contributed by atoms with E-state index in [1.54, 1.807) is 30.5 Å². The van der Waals surface area contributed by atoms with Gasteiger partial charge in [0.2, 0.25) is 21.7 Å². The molecule has 2 atom stereocenters. The van der Waals surface area contributed by atoms with Gasteiger partial charge in [-0.15, -0.1) is 0 Å². The summed E-state index contributed by atoms with van der Waals surface area (Å²) in [7, 11) is 4.05. The first-order valence-electron chi connectivity index (χ1n) is 21.7. The molecular formula is C44H53N9O8S2. The standard InChI is InChI=1S/C23H28N4O4S.C21H25N5O4S/c1-15-3-5-16(6-4-15)22(28)31-18-13-27(14-18)23-24-19-9-12-32(29)20(19)21(25-23)26(2)17-7-10-30-11-8-17;1-25(15-4-8-29-9-5-15)19-18-17(6-10-31(18)28)23-21(24-19)26-12-16(13-26)30-20(27)14-3-2-7-22-11-14/h3-6,17-18H,7-14H2,1-2H3;2-3,7,11,15-16H,4-6,8-10,12-13H2,1H3/t32-;31-/m11/s1. The van der Waals surface area contributed by atoms with Crippen molar-refractivity contribution in [2.24, 2.45) is 0 Å². The molecule has 0 spiro atoms. The summed E-state index contributed by atoms with van der Waals surface area (Å²) in [5.74, 6) is 3.28.